The van der Waals surface area contributed by atoms with Crippen LogP contribution in [-0.2, 0) is 4.79 Å². The van der Waals surface area contributed by atoms with E-state index in [9.17, 15) is 9.59 Å². The first-order valence-corrected chi connectivity index (χ1v) is 13.1. The number of amides is 2. The Hall–Kier alpha value is -3.51. The fourth-order valence-electron chi connectivity index (χ4n) is 5.50. The van der Waals surface area contributed by atoms with Crippen molar-refractivity contribution in [3.05, 3.63) is 94.5 Å². The largest absolute Gasteiger partial charge is 0.497 e. The summed E-state index contributed by atoms with van der Waals surface area (Å²) < 4.78 is 5.33. The number of anilines is 1. The molecule has 2 saturated heterocycles. The van der Waals surface area contributed by atoms with Gasteiger partial charge in [0.15, 0.2) is 0 Å². The number of halogens is 1. The number of hydrogen-bond acceptors (Lipinski definition) is 4. The number of rotatable bonds is 5. The molecule has 0 N–H and O–H groups in total. The maximum Gasteiger partial charge on any atom is 0.253 e. The Kier molecular flexibility index (Phi) is 7.38. The number of ether oxygens (including phenoxy) is 1. The number of benzene rings is 3. The van der Waals surface area contributed by atoms with Crippen molar-refractivity contribution in [3.63, 3.8) is 0 Å². The summed E-state index contributed by atoms with van der Waals surface area (Å²) in [6.07, 6.45) is 0. The molecule has 2 fully saturated rings. The summed E-state index contributed by atoms with van der Waals surface area (Å²) in [7, 11) is 1.64. The summed E-state index contributed by atoms with van der Waals surface area (Å²) in [5, 5.41) is 0.590. The molecule has 2 aliphatic heterocycles. The van der Waals surface area contributed by atoms with Gasteiger partial charge in [0.1, 0.15) is 5.75 Å². The van der Waals surface area contributed by atoms with E-state index in [4.69, 9.17) is 16.3 Å². The van der Waals surface area contributed by atoms with Crippen LogP contribution in [0.1, 0.15) is 27.4 Å². The highest BCUT2D eigenvalue weighted by Gasteiger charge is 2.42. The van der Waals surface area contributed by atoms with E-state index in [1.807, 2.05) is 34.1 Å². The maximum atomic E-state index is 13.9. The molecule has 37 heavy (non-hydrogen) atoms. The van der Waals surface area contributed by atoms with Gasteiger partial charge in [-0.05, 0) is 60.5 Å². The van der Waals surface area contributed by atoms with Gasteiger partial charge in [0, 0.05) is 61.5 Å². The van der Waals surface area contributed by atoms with E-state index in [1.165, 1.54) is 11.3 Å². The van der Waals surface area contributed by atoms with E-state index >= 15 is 0 Å². The molecule has 2 amide bonds. The zero-order valence-electron chi connectivity index (χ0n) is 21.3. The van der Waals surface area contributed by atoms with Crippen LogP contribution in [0.5, 0.6) is 5.75 Å². The van der Waals surface area contributed by atoms with Crippen LogP contribution in [0.15, 0.2) is 72.8 Å². The maximum absolute atomic E-state index is 13.9. The van der Waals surface area contributed by atoms with Crippen LogP contribution in [0, 0.1) is 12.8 Å². The number of likely N-dealkylation sites (tertiary alicyclic amines) is 1. The number of aryl methyl sites for hydroxylation is 1. The second-order valence-corrected chi connectivity index (χ2v) is 10.2. The number of carbonyl (C=O) groups is 2. The average Bonchev–Trinajstić information content (AvgIpc) is 3.39. The van der Waals surface area contributed by atoms with Crippen molar-refractivity contribution in [2.75, 3.05) is 51.3 Å². The van der Waals surface area contributed by atoms with Crippen LogP contribution in [-0.4, -0.2) is 68.0 Å². The Morgan fingerprint density at radius 1 is 0.838 bits per heavy atom. The SMILES string of the molecule is COc1ccc([C@H]2CN(C(=O)c3ccc(Cl)cc3)C[C@H]2C(=O)N2CCN(c3ccccc3C)CC2)cc1. The summed E-state index contributed by atoms with van der Waals surface area (Å²) in [5.41, 5.74) is 4.10. The van der Waals surface area contributed by atoms with E-state index in [1.54, 1.807) is 31.4 Å². The molecule has 0 unspecified atom stereocenters. The molecule has 0 radical (unpaired) electrons. The van der Waals surface area contributed by atoms with E-state index in [0.717, 1.165) is 24.4 Å². The molecule has 3 aromatic carbocycles. The molecule has 0 spiro atoms. The minimum Gasteiger partial charge on any atom is -0.497 e. The zero-order valence-corrected chi connectivity index (χ0v) is 22.0. The summed E-state index contributed by atoms with van der Waals surface area (Å²) in [6, 6.07) is 23.2. The number of carbonyl (C=O) groups excluding carboxylic acids is 2. The highest BCUT2D eigenvalue weighted by Crippen LogP contribution is 2.36. The topological polar surface area (TPSA) is 53.1 Å². The fourth-order valence-corrected chi connectivity index (χ4v) is 5.63. The Morgan fingerprint density at radius 3 is 2.16 bits per heavy atom. The van der Waals surface area contributed by atoms with Gasteiger partial charge in [0.25, 0.3) is 5.91 Å². The summed E-state index contributed by atoms with van der Waals surface area (Å²) in [6.45, 7) is 5.95. The quantitative estimate of drug-likeness (QED) is 0.485. The number of hydrogen-bond donors (Lipinski definition) is 0. The minimum absolute atomic E-state index is 0.0742. The molecule has 2 aliphatic rings. The van der Waals surface area contributed by atoms with Crippen molar-refractivity contribution < 1.29 is 14.3 Å². The van der Waals surface area contributed by atoms with Crippen LogP contribution in [0.3, 0.4) is 0 Å². The molecule has 2 heterocycles. The van der Waals surface area contributed by atoms with Crippen LogP contribution in [0.25, 0.3) is 0 Å². The van der Waals surface area contributed by atoms with Gasteiger partial charge in [-0.15, -0.1) is 0 Å². The second-order valence-electron chi connectivity index (χ2n) is 9.80. The first-order chi connectivity index (χ1) is 17.9. The van der Waals surface area contributed by atoms with Gasteiger partial charge in [-0.3, -0.25) is 9.59 Å². The lowest BCUT2D eigenvalue weighted by molar-refractivity contribution is -0.135. The van der Waals surface area contributed by atoms with E-state index in [2.05, 4.69) is 36.1 Å². The highest BCUT2D eigenvalue weighted by atomic mass is 35.5. The zero-order chi connectivity index (χ0) is 25.9. The van der Waals surface area contributed by atoms with Crippen LogP contribution >= 0.6 is 11.6 Å². The normalized spacial score (nSPS) is 19.7. The molecule has 0 bridgehead atoms. The van der Waals surface area contributed by atoms with Crippen molar-refractivity contribution in [2.45, 2.75) is 12.8 Å². The smallest absolute Gasteiger partial charge is 0.253 e. The highest BCUT2D eigenvalue weighted by molar-refractivity contribution is 6.30. The standard InChI is InChI=1S/C30H32ClN3O3/c1-21-5-3-4-6-28(21)32-15-17-33(18-16-32)30(36)27-20-34(29(35)23-7-11-24(31)12-8-23)19-26(27)22-9-13-25(37-2)14-10-22/h3-14,26-27H,15-20H2,1-2H3/t26-,27-/m1/s1. The van der Waals surface area contributed by atoms with Gasteiger partial charge in [-0.25, -0.2) is 0 Å². The molecule has 0 aliphatic carbocycles. The van der Waals surface area contributed by atoms with Gasteiger partial charge in [-0.1, -0.05) is 41.9 Å². The van der Waals surface area contributed by atoms with Gasteiger partial charge in [-0.2, -0.15) is 0 Å². The molecule has 0 saturated carbocycles. The van der Waals surface area contributed by atoms with Gasteiger partial charge in [0.05, 0.1) is 13.0 Å². The van der Waals surface area contributed by atoms with Crippen molar-refractivity contribution in [1.82, 2.24) is 9.80 Å². The van der Waals surface area contributed by atoms with Gasteiger partial charge in [0.2, 0.25) is 5.91 Å². The Balaban J connectivity index is 1.34. The lowest BCUT2D eigenvalue weighted by Gasteiger charge is -2.38. The lowest BCUT2D eigenvalue weighted by atomic mass is 9.87. The molecule has 3 aromatic rings. The van der Waals surface area contributed by atoms with Crippen LogP contribution in [0.2, 0.25) is 5.02 Å². The molecule has 5 rings (SSSR count). The third-order valence-corrected chi connectivity index (χ3v) is 7.86. The molecular weight excluding hydrogens is 486 g/mol. The average molecular weight is 518 g/mol. The Bertz CT molecular complexity index is 1250. The van der Waals surface area contributed by atoms with Crippen molar-refractivity contribution >= 4 is 29.1 Å². The number of nitrogens with zero attached hydrogens (tertiary/aromatic N) is 3. The Morgan fingerprint density at radius 2 is 1.51 bits per heavy atom. The summed E-state index contributed by atoms with van der Waals surface area (Å²) in [5.74, 6) is 0.441. The van der Waals surface area contributed by atoms with Crippen LogP contribution < -0.4 is 9.64 Å². The van der Waals surface area contributed by atoms with Crippen LogP contribution in [0.4, 0.5) is 5.69 Å². The van der Waals surface area contributed by atoms with Gasteiger partial charge >= 0.3 is 0 Å². The summed E-state index contributed by atoms with van der Waals surface area (Å²) in [4.78, 5) is 33.4. The van der Waals surface area contributed by atoms with E-state index in [0.29, 0.717) is 36.8 Å². The monoisotopic (exact) mass is 517 g/mol. The number of piperazine rings is 1. The molecule has 0 aromatic heterocycles. The molecular formula is C30H32ClN3O3. The van der Waals surface area contributed by atoms with Crippen molar-refractivity contribution in [2.24, 2.45) is 5.92 Å². The predicted molar refractivity (Wildman–Crippen MR) is 147 cm³/mol. The van der Waals surface area contributed by atoms with Crippen molar-refractivity contribution in [1.29, 1.82) is 0 Å². The molecule has 7 heteroatoms. The molecule has 2 atom stereocenters. The second kappa shape index (κ2) is 10.9. The van der Waals surface area contributed by atoms with Crippen molar-refractivity contribution in [3.8, 4) is 5.75 Å². The lowest BCUT2D eigenvalue weighted by Crippen LogP contribution is -2.51. The fraction of sp³-hybridized carbons (Fsp3) is 0.333. The third kappa shape index (κ3) is 5.30. The van der Waals surface area contributed by atoms with E-state index in [-0.39, 0.29) is 23.7 Å². The predicted octanol–water partition coefficient (Wildman–Crippen LogP) is 4.86. The molecule has 192 valence electrons. The first kappa shape index (κ1) is 25.2. The Labute approximate surface area is 223 Å². The number of para-hydroxylation sites is 1. The first-order valence-electron chi connectivity index (χ1n) is 12.7. The summed E-state index contributed by atoms with van der Waals surface area (Å²) >= 11 is 6.02. The number of methoxy groups -OCH3 is 1. The molecule has 6 nitrogen and oxygen atoms in total. The minimum atomic E-state index is -0.297. The third-order valence-electron chi connectivity index (χ3n) is 7.61. The van der Waals surface area contributed by atoms with E-state index < -0.39 is 0 Å². The van der Waals surface area contributed by atoms with Gasteiger partial charge < -0.3 is 19.4 Å².